The van der Waals surface area contributed by atoms with Gasteiger partial charge in [-0.3, -0.25) is 14.4 Å². The van der Waals surface area contributed by atoms with E-state index in [1.807, 2.05) is 19.9 Å². The van der Waals surface area contributed by atoms with Gasteiger partial charge >= 0.3 is 5.97 Å². The molecule has 0 aliphatic rings. The van der Waals surface area contributed by atoms with Gasteiger partial charge in [0.25, 0.3) is 5.91 Å². The summed E-state index contributed by atoms with van der Waals surface area (Å²) in [6.07, 6.45) is -0.142. The minimum Gasteiger partial charge on any atom is -0.496 e. The third kappa shape index (κ3) is 5.59. The Morgan fingerprint density at radius 2 is 1.96 bits per heavy atom. The summed E-state index contributed by atoms with van der Waals surface area (Å²) in [6.45, 7) is 6.16. The third-order valence-electron chi connectivity index (χ3n) is 4.17. The van der Waals surface area contributed by atoms with Crippen molar-refractivity contribution in [2.24, 2.45) is 5.92 Å². The van der Waals surface area contributed by atoms with Crippen molar-refractivity contribution in [3.8, 4) is 11.8 Å². The van der Waals surface area contributed by atoms with Crippen LogP contribution in [0.25, 0.3) is 0 Å². The SMILES string of the molecule is COc1ccc(C(C)=O)cc1CC(=O)OCC(=O)N[C@@](C)(C#N)C(C)C. The fourth-order valence-electron chi connectivity index (χ4n) is 2.12. The molecule has 0 aliphatic heterocycles. The number of carbonyl (C=O) groups is 3. The van der Waals surface area contributed by atoms with Crippen LogP contribution in [0, 0.1) is 17.2 Å². The van der Waals surface area contributed by atoms with Crippen LogP contribution in [-0.4, -0.2) is 36.9 Å². The Morgan fingerprint density at radius 3 is 2.46 bits per heavy atom. The number of benzene rings is 1. The topological polar surface area (TPSA) is 105 Å². The molecule has 0 fully saturated rings. The molecule has 1 aromatic rings. The van der Waals surface area contributed by atoms with Crippen molar-refractivity contribution < 1.29 is 23.9 Å². The van der Waals surface area contributed by atoms with Gasteiger partial charge in [0.2, 0.25) is 0 Å². The first kappa shape index (κ1) is 21.2. The van der Waals surface area contributed by atoms with E-state index in [2.05, 4.69) is 5.32 Å². The number of methoxy groups -OCH3 is 1. The van der Waals surface area contributed by atoms with Crippen molar-refractivity contribution in [1.82, 2.24) is 5.32 Å². The molecule has 0 radical (unpaired) electrons. The predicted octanol–water partition coefficient (Wildman–Crippen LogP) is 2.04. The number of hydrogen-bond acceptors (Lipinski definition) is 6. The second-order valence-electron chi connectivity index (χ2n) is 6.44. The number of rotatable bonds is 8. The smallest absolute Gasteiger partial charge is 0.310 e. The summed E-state index contributed by atoms with van der Waals surface area (Å²) in [5.41, 5.74) is -0.0922. The van der Waals surface area contributed by atoms with Gasteiger partial charge in [0.1, 0.15) is 11.3 Å². The number of esters is 1. The molecular weight excluding hydrogens is 336 g/mol. The van der Waals surface area contributed by atoms with Crippen molar-refractivity contribution >= 4 is 17.7 Å². The largest absolute Gasteiger partial charge is 0.496 e. The maximum atomic E-state index is 12.0. The van der Waals surface area contributed by atoms with Gasteiger partial charge in [-0.05, 0) is 38.0 Å². The number of amides is 1. The van der Waals surface area contributed by atoms with E-state index in [9.17, 15) is 19.6 Å². The summed E-state index contributed by atoms with van der Waals surface area (Å²) in [6, 6.07) is 6.82. The number of carbonyl (C=O) groups excluding carboxylic acids is 3. The molecular formula is C19H24N2O5. The van der Waals surface area contributed by atoms with E-state index in [4.69, 9.17) is 9.47 Å². The zero-order valence-corrected chi connectivity index (χ0v) is 15.7. The Bertz CT molecular complexity index is 736. The molecule has 0 bridgehead atoms. The summed E-state index contributed by atoms with van der Waals surface area (Å²) in [4.78, 5) is 35.4. The maximum Gasteiger partial charge on any atom is 0.310 e. The fraction of sp³-hybridized carbons (Fsp3) is 0.474. The van der Waals surface area contributed by atoms with Crippen LogP contribution in [0.3, 0.4) is 0 Å². The highest BCUT2D eigenvalue weighted by Crippen LogP contribution is 2.21. The van der Waals surface area contributed by atoms with Crippen LogP contribution in [-0.2, 0) is 20.7 Å². The van der Waals surface area contributed by atoms with Crippen molar-refractivity contribution in [2.45, 2.75) is 39.7 Å². The Morgan fingerprint density at radius 1 is 1.31 bits per heavy atom. The minimum absolute atomic E-state index is 0.106. The summed E-state index contributed by atoms with van der Waals surface area (Å²) in [5, 5.41) is 11.8. The van der Waals surface area contributed by atoms with Gasteiger partial charge in [-0.1, -0.05) is 13.8 Å². The van der Waals surface area contributed by atoms with Gasteiger partial charge in [0.15, 0.2) is 12.4 Å². The number of ketones is 1. The molecule has 1 amide bonds. The van der Waals surface area contributed by atoms with Crippen LogP contribution in [0.2, 0.25) is 0 Å². The zero-order chi connectivity index (χ0) is 19.9. The summed E-state index contributed by atoms with van der Waals surface area (Å²) >= 11 is 0. The first-order valence-corrected chi connectivity index (χ1v) is 8.18. The average molecular weight is 360 g/mol. The lowest BCUT2D eigenvalue weighted by molar-refractivity contribution is -0.148. The van der Waals surface area contributed by atoms with E-state index < -0.39 is 24.0 Å². The molecule has 1 aromatic carbocycles. The van der Waals surface area contributed by atoms with Crippen LogP contribution < -0.4 is 10.1 Å². The third-order valence-corrected chi connectivity index (χ3v) is 4.17. The van der Waals surface area contributed by atoms with Gasteiger partial charge in [-0.25, -0.2) is 0 Å². The molecule has 140 valence electrons. The number of nitrogens with zero attached hydrogens (tertiary/aromatic N) is 1. The monoisotopic (exact) mass is 360 g/mol. The molecule has 0 saturated carbocycles. The van der Waals surface area contributed by atoms with Crippen molar-refractivity contribution in [2.75, 3.05) is 13.7 Å². The quantitative estimate of drug-likeness (QED) is 0.562. The van der Waals surface area contributed by atoms with Crippen LogP contribution in [0.1, 0.15) is 43.6 Å². The Kier molecular flexibility index (Phi) is 7.32. The maximum absolute atomic E-state index is 12.0. The van der Waals surface area contributed by atoms with Gasteiger partial charge in [-0.15, -0.1) is 0 Å². The standard InChI is InChI=1S/C19H24N2O5/c1-12(2)19(4,11-20)21-17(23)10-26-18(24)9-15-8-14(13(3)22)6-7-16(15)25-5/h6-8,12H,9-10H2,1-5H3,(H,21,23)/t19-/m0/s1. The minimum atomic E-state index is -1.04. The van der Waals surface area contributed by atoms with Crippen molar-refractivity contribution in [1.29, 1.82) is 5.26 Å². The van der Waals surface area contributed by atoms with Crippen molar-refractivity contribution in [3.05, 3.63) is 29.3 Å². The van der Waals surface area contributed by atoms with Gasteiger partial charge in [-0.2, -0.15) is 5.26 Å². The zero-order valence-electron chi connectivity index (χ0n) is 15.7. The first-order chi connectivity index (χ1) is 12.1. The first-order valence-electron chi connectivity index (χ1n) is 8.18. The summed E-state index contributed by atoms with van der Waals surface area (Å²) in [7, 11) is 1.46. The molecule has 1 N–H and O–H groups in total. The molecule has 0 saturated heterocycles. The van der Waals surface area contributed by atoms with E-state index in [1.54, 1.807) is 25.1 Å². The van der Waals surface area contributed by atoms with Crippen molar-refractivity contribution in [3.63, 3.8) is 0 Å². The molecule has 0 aliphatic carbocycles. The molecule has 7 heteroatoms. The van der Waals surface area contributed by atoms with Crippen LogP contribution in [0.4, 0.5) is 0 Å². The molecule has 1 atom stereocenters. The lowest BCUT2D eigenvalue weighted by Gasteiger charge is -2.27. The van der Waals surface area contributed by atoms with E-state index in [-0.39, 0.29) is 18.1 Å². The average Bonchev–Trinajstić information content (AvgIpc) is 2.59. The highest BCUT2D eigenvalue weighted by molar-refractivity contribution is 5.94. The van der Waals surface area contributed by atoms with Crippen LogP contribution in [0.5, 0.6) is 5.75 Å². The second-order valence-corrected chi connectivity index (χ2v) is 6.44. The highest BCUT2D eigenvalue weighted by atomic mass is 16.5. The van der Waals surface area contributed by atoms with Gasteiger partial charge in [0.05, 0.1) is 19.6 Å². The highest BCUT2D eigenvalue weighted by Gasteiger charge is 2.30. The second kappa shape index (κ2) is 8.99. The van der Waals surface area contributed by atoms with E-state index >= 15 is 0 Å². The number of nitrogens with one attached hydrogen (secondary N) is 1. The van der Waals surface area contributed by atoms with Gasteiger partial charge < -0.3 is 14.8 Å². The number of ether oxygens (including phenoxy) is 2. The summed E-state index contributed by atoms with van der Waals surface area (Å²) < 4.78 is 10.2. The van der Waals surface area contributed by atoms with Crippen LogP contribution >= 0.6 is 0 Å². The summed E-state index contributed by atoms with van der Waals surface area (Å²) in [5.74, 6) is -0.979. The predicted molar refractivity (Wildman–Crippen MR) is 94.7 cm³/mol. The van der Waals surface area contributed by atoms with E-state index in [0.29, 0.717) is 16.9 Å². The van der Waals surface area contributed by atoms with Crippen LogP contribution in [0.15, 0.2) is 18.2 Å². The molecule has 1 rings (SSSR count). The van der Waals surface area contributed by atoms with E-state index in [1.165, 1.54) is 14.0 Å². The Labute approximate surface area is 153 Å². The normalized spacial score (nSPS) is 12.7. The molecule has 0 unspecified atom stereocenters. The number of Topliss-reactive ketones (excluding diaryl/α,β-unsaturated/α-hetero) is 1. The molecule has 0 spiro atoms. The number of hydrogen-bond donors (Lipinski definition) is 1. The Hall–Kier alpha value is -2.88. The number of nitriles is 1. The fourth-order valence-corrected chi connectivity index (χ4v) is 2.12. The lowest BCUT2D eigenvalue weighted by Crippen LogP contribution is -2.50. The Balaban J connectivity index is 2.70. The van der Waals surface area contributed by atoms with E-state index in [0.717, 1.165) is 0 Å². The molecule has 0 aromatic heterocycles. The lowest BCUT2D eigenvalue weighted by atomic mass is 9.90. The molecule has 0 heterocycles. The van der Waals surface area contributed by atoms with Gasteiger partial charge in [0, 0.05) is 11.1 Å². The molecule has 7 nitrogen and oxygen atoms in total. The molecule has 26 heavy (non-hydrogen) atoms.